The standard InChI is InChI=1S/C15H22BrNO/c1-11-10-12(5-7-14(11)16)15(17-2)8-6-13-4-3-9-18-13/h5,7,10,13,15,17H,3-4,6,8-9H2,1-2H3. The summed E-state index contributed by atoms with van der Waals surface area (Å²) in [6.07, 6.45) is 5.24. The predicted molar refractivity (Wildman–Crippen MR) is 78.9 cm³/mol. The first-order chi connectivity index (χ1) is 8.70. The Labute approximate surface area is 118 Å². The van der Waals surface area contributed by atoms with Crippen molar-refractivity contribution in [2.45, 2.75) is 44.8 Å². The number of hydrogen-bond acceptors (Lipinski definition) is 2. The smallest absolute Gasteiger partial charge is 0.0576 e. The first-order valence-corrected chi connectivity index (χ1v) is 7.55. The second kappa shape index (κ2) is 6.69. The molecule has 0 saturated carbocycles. The van der Waals surface area contributed by atoms with Gasteiger partial charge >= 0.3 is 0 Å². The average molecular weight is 312 g/mol. The topological polar surface area (TPSA) is 21.3 Å². The first kappa shape index (κ1) is 14.0. The molecule has 1 heterocycles. The molecule has 0 aromatic heterocycles. The van der Waals surface area contributed by atoms with Crippen molar-refractivity contribution in [1.29, 1.82) is 0 Å². The Hall–Kier alpha value is -0.380. The van der Waals surface area contributed by atoms with E-state index < -0.39 is 0 Å². The van der Waals surface area contributed by atoms with Gasteiger partial charge in [-0.15, -0.1) is 0 Å². The second-order valence-electron chi connectivity index (χ2n) is 5.06. The lowest BCUT2D eigenvalue weighted by Crippen LogP contribution is -2.18. The molecule has 0 aliphatic carbocycles. The summed E-state index contributed by atoms with van der Waals surface area (Å²) in [5.41, 5.74) is 2.67. The number of ether oxygens (including phenoxy) is 1. The molecule has 3 heteroatoms. The van der Waals surface area contributed by atoms with E-state index in [4.69, 9.17) is 4.74 Å². The average Bonchev–Trinajstić information content (AvgIpc) is 2.87. The van der Waals surface area contributed by atoms with E-state index in [1.165, 1.54) is 28.4 Å². The van der Waals surface area contributed by atoms with Gasteiger partial charge in [0.15, 0.2) is 0 Å². The van der Waals surface area contributed by atoms with Gasteiger partial charge in [-0.2, -0.15) is 0 Å². The van der Waals surface area contributed by atoms with Crippen molar-refractivity contribution < 1.29 is 4.74 Å². The number of hydrogen-bond donors (Lipinski definition) is 1. The summed E-state index contributed by atoms with van der Waals surface area (Å²) in [4.78, 5) is 0. The summed E-state index contributed by atoms with van der Waals surface area (Å²) in [5.74, 6) is 0. The molecule has 0 radical (unpaired) electrons. The van der Waals surface area contributed by atoms with Crippen LogP contribution in [0.25, 0.3) is 0 Å². The Bertz CT molecular complexity index is 388. The van der Waals surface area contributed by atoms with Gasteiger partial charge in [0.05, 0.1) is 6.10 Å². The zero-order valence-electron chi connectivity index (χ0n) is 11.2. The number of halogens is 1. The molecule has 1 aromatic carbocycles. The molecular weight excluding hydrogens is 290 g/mol. The van der Waals surface area contributed by atoms with Gasteiger partial charge in [-0.05, 0) is 56.8 Å². The Morgan fingerprint density at radius 2 is 2.33 bits per heavy atom. The number of aryl methyl sites for hydroxylation is 1. The van der Waals surface area contributed by atoms with Crippen LogP contribution < -0.4 is 5.32 Å². The van der Waals surface area contributed by atoms with Gasteiger partial charge in [-0.3, -0.25) is 0 Å². The maximum absolute atomic E-state index is 5.69. The van der Waals surface area contributed by atoms with Crippen LogP contribution in [0.4, 0.5) is 0 Å². The monoisotopic (exact) mass is 311 g/mol. The molecule has 1 saturated heterocycles. The van der Waals surface area contributed by atoms with Crippen molar-refractivity contribution in [1.82, 2.24) is 5.32 Å². The van der Waals surface area contributed by atoms with Crippen LogP contribution in [0.15, 0.2) is 22.7 Å². The van der Waals surface area contributed by atoms with E-state index in [-0.39, 0.29) is 0 Å². The highest BCUT2D eigenvalue weighted by Gasteiger charge is 2.18. The van der Waals surface area contributed by atoms with Gasteiger partial charge in [0.1, 0.15) is 0 Å². The van der Waals surface area contributed by atoms with Crippen molar-refractivity contribution in [3.63, 3.8) is 0 Å². The summed E-state index contributed by atoms with van der Waals surface area (Å²) in [6, 6.07) is 7.04. The lowest BCUT2D eigenvalue weighted by atomic mass is 9.98. The van der Waals surface area contributed by atoms with E-state index in [2.05, 4.69) is 46.4 Å². The predicted octanol–water partition coefficient (Wildman–Crippen LogP) is 3.98. The third-order valence-electron chi connectivity index (χ3n) is 3.73. The van der Waals surface area contributed by atoms with Gasteiger partial charge < -0.3 is 10.1 Å². The van der Waals surface area contributed by atoms with Crippen molar-refractivity contribution >= 4 is 15.9 Å². The van der Waals surface area contributed by atoms with E-state index >= 15 is 0 Å². The summed E-state index contributed by atoms with van der Waals surface area (Å²) in [6.45, 7) is 3.09. The molecule has 1 N–H and O–H groups in total. The molecule has 1 fully saturated rings. The van der Waals surface area contributed by atoms with Crippen LogP contribution in [-0.2, 0) is 4.74 Å². The minimum absolute atomic E-state index is 0.431. The summed E-state index contributed by atoms with van der Waals surface area (Å²) >= 11 is 3.55. The molecular formula is C15H22BrNO. The third kappa shape index (κ3) is 3.56. The van der Waals surface area contributed by atoms with Gasteiger partial charge in [0, 0.05) is 17.1 Å². The van der Waals surface area contributed by atoms with Crippen molar-refractivity contribution in [2.75, 3.05) is 13.7 Å². The number of nitrogens with one attached hydrogen (secondary N) is 1. The van der Waals surface area contributed by atoms with Crippen molar-refractivity contribution in [3.8, 4) is 0 Å². The molecule has 0 amide bonds. The fourth-order valence-electron chi connectivity index (χ4n) is 2.59. The van der Waals surface area contributed by atoms with Gasteiger partial charge in [0.25, 0.3) is 0 Å². The maximum Gasteiger partial charge on any atom is 0.0576 e. The lowest BCUT2D eigenvalue weighted by molar-refractivity contribution is 0.0998. The molecule has 1 aliphatic rings. The highest BCUT2D eigenvalue weighted by molar-refractivity contribution is 9.10. The van der Waals surface area contributed by atoms with Crippen molar-refractivity contribution in [2.24, 2.45) is 0 Å². The molecule has 1 aliphatic heterocycles. The van der Waals surface area contributed by atoms with E-state index in [1.54, 1.807) is 0 Å². The number of benzene rings is 1. The Morgan fingerprint density at radius 1 is 1.50 bits per heavy atom. The molecule has 2 atom stereocenters. The highest BCUT2D eigenvalue weighted by Crippen LogP contribution is 2.26. The Morgan fingerprint density at radius 3 is 2.94 bits per heavy atom. The van der Waals surface area contributed by atoms with Crippen LogP contribution in [0, 0.1) is 6.92 Å². The first-order valence-electron chi connectivity index (χ1n) is 6.75. The Kier molecular flexibility index (Phi) is 5.22. The van der Waals surface area contributed by atoms with Crippen LogP contribution in [0.1, 0.15) is 42.9 Å². The van der Waals surface area contributed by atoms with E-state index in [0.717, 1.165) is 19.4 Å². The zero-order chi connectivity index (χ0) is 13.0. The van der Waals surface area contributed by atoms with Gasteiger partial charge in [0.2, 0.25) is 0 Å². The van der Waals surface area contributed by atoms with Crippen LogP contribution in [-0.4, -0.2) is 19.8 Å². The summed E-state index contributed by atoms with van der Waals surface area (Å²) in [5, 5.41) is 3.42. The highest BCUT2D eigenvalue weighted by atomic mass is 79.9. The minimum atomic E-state index is 0.431. The third-order valence-corrected chi connectivity index (χ3v) is 4.62. The quantitative estimate of drug-likeness (QED) is 0.888. The molecule has 0 bridgehead atoms. The van der Waals surface area contributed by atoms with Crippen LogP contribution in [0.2, 0.25) is 0 Å². The molecule has 2 nitrogen and oxygen atoms in total. The summed E-state index contributed by atoms with van der Waals surface area (Å²) in [7, 11) is 2.04. The maximum atomic E-state index is 5.69. The molecule has 100 valence electrons. The largest absolute Gasteiger partial charge is 0.378 e. The van der Waals surface area contributed by atoms with E-state index in [1.807, 2.05) is 7.05 Å². The Balaban J connectivity index is 1.96. The van der Waals surface area contributed by atoms with E-state index in [0.29, 0.717) is 12.1 Å². The zero-order valence-corrected chi connectivity index (χ0v) is 12.8. The van der Waals surface area contributed by atoms with Gasteiger partial charge in [-0.1, -0.05) is 28.1 Å². The van der Waals surface area contributed by atoms with Crippen molar-refractivity contribution in [3.05, 3.63) is 33.8 Å². The SMILES string of the molecule is CNC(CCC1CCCO1)c1ccc(Br)c(C)c1. The second-order valence-corrected chi connectivity index (χ2v) is 5.92. The molecule has 1 aromatic rings. The molecule has 2 unspecified atom stereocenters. The molecule has 0 spiro atoms. The summed E-state index contributed by atoms with van der Waals surface area (Å²) < 4.78 is 6.87. The van der Waals surface area contributed by atoms with Crippen LogP contribution in [0.3, 0.4) is 0 Å². The fraction of sp³-hybridized carbons (Fsp3) is 0.600. The van der Waals surface area contributed by atoms with E-state index in [9.17, 15) is 0 Å². The van der Waals surface area contributed by atoms with Crippen LogP contribution >= 0.6 is 15.9 Å². The number of rotatable bonds is 5. The minimum Gasteiger partial charge on any atom is -0.378 e. The lowest BCUT2D eigenvalue weighted by Gasteiger charge is -2.19. The molecule has 18 heavy (non-hydrogen) atoms. The normalized spacial score (nSPS) is 21.2. The van der Waals surface area contributed by atoms with Crippen LogP contribution in [0.5, 0.6) is 0 Å². The fourth-order valence-corrected chi connectivity index (χ4v) is 2.83. The van der Waals surface area contributed by atoms with Gasteiger partial charge in [-0.25, -0.2) is 0 Å². The molecule has 2 rings (SSSR count).